The predicted octanol–water partition coefficient (Wildman–Crippen LogP) is 4.74. The summed E-state index contributed by atoms with van der Waals surface area (Å²) in [6.45, 7) is 3.87. The number of hydrogen-bond donors (Lipinski definition) is 2. The number of aryl methyl sites for hydroxylation is 2. The van der Waals surface area contributed by atoms with Gasteiger partial charge in [-0.05, 0) is 85.0 Å². The molecule has 0 fully saturated rings. The zero-order chi connectivity index (χ0) is 29.3. The molecule has 3 N–H and O–H groups in total. The fourth-order valence-corrected chi connectivity index (χ4v) is 5.37. The van der Waals surface area contributed by atoms with Crippen LogP contribution in [0.4, 0.5) is 8.78 Å². The summed E-state index contributed by atoms with van der Waals surface area (Å²) >= 11 is 0. The Morgan fingerprint density at radius 3 is 2.46 bits per heavy atom. The van der Waals surface area contributed by atoms with Gasteiger partial charge in [-0.2, -0.15) is 5.10 Å². The molecule has 0 aliphatic rings. The lowest BCUT2D eigenvalue weighted by atomic mass is 9.95. The van der Waals surface area contributed by atoms with Crippen molar-refractivity contribution in [2.45, 2.75) is 37.8 Å². The van der Waals surface area contributed by atoms with Crippen LogP contribution < -0.4 is 10.5 Å². The fourth-order valence-electron chi connectivity index (χ4n) is 4.81. The molecule has 2 heterocycles. The van der Waals surface area contributed by atoms with Gasteiger partial charge in [0, 0.05) is 23.2 Å². The number of pyridine rings is 1. The molecule has 5 rings (SSSR count). The molecule has 2 aromatic heterocycles. The number of rotatable bonds is 8. The standard InChI is InChI=1S/C30H27F2N5O3S/c1-18-9-22-16-35-37(28(22)10-19(18)2)17-29(38)36-27(13-20-11-23(31)15-24(32)12-20)30-26(7-4-8-34-30)21-5-3-6-25(14-21)41(33,39)40/h3-12,14-16,27H,13,17H2,1-2H3,(H,36,38)(H2,33,39,40)/t27-/m0/s1. The Morgan fingerprint density at radius 1 is 1.00 bits per heavy atom. The fraction of sp³-hybridized carbons (Fsp3) is 0.167. The van der Waals surface area contributed by atoms with Crippen molar-refractivity contribution in [3.05, 3.63) is 113 Å². The molecule has 0 bridgehead atoms. The van der Waals surface area contributed by atoms with Crippen LogP contribution in [0, 0.1) is 25.5 Å². The van der Waals surface area contributed by atoms with E-state index in [-0.39, 0.29) is 17.9 Å². The summed E-state index contributed by atoms with van der Waals surface area (Å²) in [5.41, 5.74) is 4.67. The van der Waals surface area contributed by atoms with Gasteiger partial charge in [-0.3, -0.25) is 14.5 Å². The molecule has 0 saturated heterocycles. The smallest absolute Gasteiger partial charge is 0.242 e. The number of hydrogen-bond acceptors (Lipinski definition) is 5. The van der Waals surface area contributed by atoms with Crippen molar-refractivity contribution in [2.75, 3.05) is 0 Å². The van der Waals surface area contributed by atoms with Gasteiger partial charge in [-0.15, -0.1) is 0 Å². The lowest BCUT2D eigenvalue weighted by Gasteiger charge is -2.22. The first-order chi connectivity index (χ1) is 19.5. The van der Waals surface area contributed by atoms with E-state index in [0.29, 0.717) is 22.4 Å². The van der Waals surface area contributed by atoms with Gasteiger partial charge in [0.1, 0.15) is 18.2 Å². The number of primary sulfonamides is 1. The van der Waals surface area contributed by atoms with Crippen molar-refractivity contribution < 1.29 is 22.0 Å². The van der Waals surface area contributed by atoms with Crippen molar-refractivity contribution in [3.63, 3.8) is 0 Å². The second-order valence-corrected chi connectivity index (χ2v) is 11.5. The maximum Gasteiger partial charge on any atom is 0.242 e. The second kappa shape index (κ2) is 11.2. The molecule has 0 spiro atoms. The lowest BCUT2D eigenvalue weighted by Crippen LogP contribution is -2.34. The SMILES string of the molecule is Cc1cc2cnn(CC(=O)N[C@@H](Cc3cc(F)cc(F)c3)c3ncccc3-c3cccc(S(N)(=O)=O)c3)c2cc1C. The van der Waals surface area contributed by atoms with Gasteiger partial charge >= 0.3 is 0 Å². The van der Waals surface area contributed by atoms with Crippen LogP contribution in [0.25, 0.3) is 22.0 Å². The second-order valence-electron chi connectivity index (χ2n) is 9.91. The Hall–Kier alpha value is -4.48. The zero-order valence-electron chi connectivity index (χ0n) is 22.3. The van der Waals surface area contributed by atoms with E-state index in [1.807, 2.05) is 26.0 Å². The van der Waals surface area contributed by atoms with E-state index in [9.17, 15) is 22.0 Å². The van der Waals surface area contributed by atoms with Crippen LogP contribution in [0.5, 0.6) is 0 Å². The van der Waals surface area contributed by atoms with Gasteiger partial charge in [0.2, 0.25) is 15.9 Å². The summed E-state index contributed by atoms with van der Waals surface area (Å²) in [6, 6.07) is 15.7. The summed E-state index contributed by atoms with van der Waals surface area (Å²) < 4.78 is 53.7. The molecule has 0 aliphatic carbocycles. The van der Waals surface area contributed by atoms with E-state index in [0.717, 1.165) is 28.1 Å². The average molecular weight is 576 g/mol. The van der Waals surface area contributed by atoms with Crippen molar-refractivity contribution in [3.8, 4) is 11.1 Å². The van der Waals surface area contributed by atoms with Crippen LogP contribution >= 0.6 is 0 Å². The summed E-state index contributed by atoms with van der Waals surface area (Å²) in [6.07, 6.45) is 3.23. The van der Waals surface area contributed by atoms with Gasteiger partial charge in [-0.1, -0.05) is 18.2 Å². The molecule has 0 aliphatic heterocycles. The largest absolute Gasteiger partial charge is 0.346 e. The number of sulfonamides is 1. The molecule has 41 heavy (non-hydrogen) atoms. The number of halogens is 2. The Balaban J connectivity index is 1.53. The van der Waals surface area contributed by atoms with Crippen LogP contribution in [0.2, 0.25) is 0 Å². The monoisotopic (exact) mass is 575 g/mol. The molecule has 210 valence electrons. The molecule has 1 atom stereocenters. The zero-order valence-corrected chi connectivity index (χ0v) is 23.1. The minimum Gasteiger partial charge on any atom is -0.346 e. The van der Waals surface area contributed by atoms with Gasteiger partial charge in [0.25, 0.3) is 0 Å². The van der Waals surface area contributed by atoms with E-state index in [1.165, 1.54) is 30.5 Å². The highest BCUT2D eigenvalue weighted by Gasteiger charge is 2.23. The van der Waals surface area contributed by atoms with Crippen LogP contribution in [-0.2, 0) is 27.8 Å². The number of amides is 1. The van der Waals surface area contributed by atoms with Gasteiger partial charge in [-0.25, -0.2) is 22.3 Å². The van der Waals surface area contributed by atoms with Gasteiger partial charge < -0.3 is 5.32 Å². The number of carbonyl (C=O) groups excluding carboxylic acids is 1. The molecule has 1 amide bonds. The Bertz CT molecular complexity index is 1870. The quantitative estimate of drug-likeness (QED) is 0.277. The number of nitrogens with two attached hydrogens (primary N) is 1. The third-order valence-electron chi connectivity index (χ3n) is 6.89. The Labute approximate surface area is 235 Å². The van der Waals surface area contributed by atoms with E-state index >= 15 is 0 Å². The molecule has 0 radical (unpaired) electrons. The minimum absolute atomic E-state index is 0.0114. The summed E-state index contributed by atoms with van der Waals surface area (Å²) in [5.74, 6) is -1.90. The molecular formula is C30H27F2N5O3S. The number of benzene rings is 3. The number of fused-ring (bicyclic) bond motifs is 1. The predicted molar refractivity (Wildman–Crippen MR) is 151 cm³/mol. The average Bonchev–Trinajstić information content (AvgIpc) is 3.28. The van der Waals surface area contributed by atoms with Crippen molar-refractivity contribution in [1.29, 1.82) is 0 Å². The van der Waals surface area contributed by atoms with Crippen LogP contribution in [0.15, 0.2) is 84.0 Å². The molecule has 8 nitrogen and oxygen atoms in total. The highest BCUT2D eigenvalue weighted by atomic mass is 32.2. The first-order valence-corrected chi connectivity index (χ1v) is 14.3. The van der Waals surface area contributed by atoms with Crippen molar-refractivity contribution in [1.82, 2.24) is 20.1 Å². The highest BCUT2D eigenvalue weighted by molar-refractivity contribution is 7.89. The minimum atomic E-state index is -3.98. The van der Waals surface area contributed by atoms with Gasteiger partial charge in [0.15, 0.2) is 0 Å². The van der Waals surface area contributed by atoms with Gasteiger partial charge in [0.05, 0.1) is 28.3 Å². The van der Waals surface area contributed by atoms with E-state index in [1.54, 1.807) is 35.1 Å². The number of aromatic nitrogens is 3. The summed E-state index contributed by atoms with van der Waals surface area (Å²) in [7, 11) is -3.98. The third-order valence-corrected chi connectivity index (χ3v) is 7.80. The molecule has 0 saturated carbocycles. The van der Waals surface area contributed by atoms with Crippen molar-refractivity contribution >= 4 is 26.8 Å². The summed E-state index contributed by atoms with van der Waals surface area (Å²) in [5, 5.41) is 13.6. The lowest BCUT2D eigenvalue weighted by molar-refractivity contribution is -0.122. The van der Waals surface area contributed by atoms with Crippen molar-refractivity contribution in [2.24, 2.45) is 5.14 Å². The van der Waals surface area contributed by atoms with E-state index < -0.39 is 33.6 Å². The maximum absolute atomic E-state index is 14.1. The number of nitrogens with one attached hydrogen (secondary N) is 1. The first-order valence-electron chi connectivity index (χ1n) is 12.7. The number of nitrogens with zero attached hydrogens (tertiary/aromatic N) is 3. The maximum atomic E-state index is 14.1. The first kappa shape index (κ1) is 28.1. The third kappa shape index (κ3) is 6.31. The molecular weight excluding hydrogens is 548 g/mol. The van der Waals surface area contributed by atoms with Crippen LogP contribution in [0.3, 0.4) is 0 Å². The Kier molecular flexibility index (Phi) is 7.65. The molecule has 5 aromatic rings. The summed E-state index contributed by atoms with van der Waals surface area (Å²) in [4.78, 5) is 17.8. The van der Waals surface area contributed by atoms with E-state index in [2.05, 4.69) is 15.4 Å². The highest BCUT2D eigenvalue weighted by Crippen LogP contribution is 2.30. The van der Waals surface area contributed by atoms with E-state index in [4.69, 9.17) is 5.14 Å². The normalized spacial score (nSPS) is 12.4. The topological polar surface area (TPSA) is 120 Å². The molecule has 11 heteroatoms. The Morgan fingerprint density at radius 2 is 1.73 bits per heavy atom. The van der Waals surface area contributed by atoms with Crippen LogP contribution in [-0.4, -0.2) is 29.1 Å². The molecule has 0 unspecified atom stereocenters. The molecule has 3 aromatic carbocycles. The van der Waals surface area contributed by atoms with Crippen LogP contribution in [0.1, 0.15) is 28.4 Å². The number of carbonyl (C=O) groups is 1.